The first-order valence-corrected chi connectivity index (χ1v) is 10.3. The van der Waals surface area contributed by atoms with Crippen LogP contribution in [0.3, 0.4) is 0 Å². The Hall–Kier alpha value is -3.59. The standard InChI is InChI=1S/C22H25N7O2/c23-18(13-16-7-2-1-3-8-16)22(31)28-12-6-11-20(28)21(30)24-14-17-9-4-5-10-19(17)29-15-25-26-27-29/h1-5,7-10,15,18,20H,6,11-14,23H2,(H,24,30)/t18-,20-/m0/s1. The molecule has 2 atom stereocenters. The Morgan fingerprint density at radius 2 is 1.90 bits per heavy atom. The number of hydrogen-bond acceptors (Lipinski definition) is 6. The highest BCUT2D eigenvalue weighted by molar-refractivity contribution is 5.90. The zero-order chi connectivity index (χ0) is 21.6. The van der Waals surface area contributed by atoms with Gasteiger partial charge in [0.2, 0.25) is 11.8 Å². The van der Waals surface area contributed by atoms with E-state index < -0.39 is 12.1 Å². The van der Waals surface area contributed by atoms with Crippen molar-refractivity contribution in [3.63, 3.8) is 0 Å². The van der Waals surface area contributed by atoms with E-state index in [1.807, 2.05) is 54.6 Å². The molecule has 160 valence electrons. The summed E-state index contributed by atoms with van der Waals surface area (Å²) in [7, 11) is 0. The van der Waals surface area contributed by atoms with Crippen LogP contribution in [0, 0.1) is 0 Å². The SMILES string of the molecule is N[C@@H](Cc1ccccc1)C(=O)N1CCC[C@H]1C(=O)NCc1ccccc1-n1cnnn1. The van der Waals surface area contributed by atoms with E-state index in [0.29, 0.717) is 25.9 Å². The molecule has 9 heteroatoms. The summed E-state index contributed by atoms with van der Waals surface area (Å²) in [5, 5.41) is 14.2. The molecule has 0 saturated carbocycles. The predicted octanol–water partition coefficient (Wildman–Crippen LogP) is 0.839. The first-order chi connectivity index (χ1) is 15.1. The molecule has 9 nitrogen and oxygen atoms in total. The van der Waals surface area contributed by atoms with E-state index in [1.54, 1.807) is 9.58 Å². The fourth-order valence-corrected chi connectivity index (χ4v) is 3.93. The number of carbonyl (C=O) groups is 2. The van der Waals surface area contributed by atoms with Crippen LogP contribution in [0.2, 0.25) is 0 Å². The van der Waals surface area contributed by atoms with E-state index in [0.717, 1.165) is 23.2 Å². The van der Waals surface area contributed by atoms with E-state index in [1.165, 1.54) is 6.33 Å². The van der Waals surface area contributed by atoms with Crippen molar-refractivity contribution in [1.82, 2.24) is 30.4 Å². The fraction of sp³-hybridized carbons (Fsp3) is 0.318. The Kier molecular flexibility index (Phi) is 6.32. The van der Waals surface area contributed by atoms with Crippen LogP contribution in [-0.2, 0) is 22.6 Å². The summed E-state index contributed by atoms with van der Waals surface area (Å²) in [6.07, 6.45) is 3.36. The normalized spacial score (nSPS) is 16.8. The van der Waals surface area contributed by atoms with Crippen LogP contribution in [0.1, 0.15) is 24.0 Å². The van der Waals surface area contributed by atoms with Crippen LogP contribution in [0.4, 0.5) is 0 Å². The zero-order valence-corrected chi connectivity index (χ0v) is 17.1. The van der Waals surface area contributed by atoms with Crippen molar-refractivity contribution in [1.29, 1.82) is 0 Å². The summed E-state index contributed by atoms with van der Waals surface area (Å²) in [5.74, 6) is -0.361. The Morgan fingerprint density at radius 3 is 2.68 bits per heavy atom. The van der Waals surface area contributed by atoms with Crippen LogP contribution in [-0.4, -0.2) is 55.5 Å². The molecule has 0 unspecified atom stereocenters. The molecule has 1 aliphatic heterocycles. The Labute approximate surface area is 180 Å². The Morgan fingerprint density at radius 1 is 1.13 bits per heavy atom. The molecule has 0 radical (unpaired) electrons. The lowest BCUT2D eigenvalue weighted by atomic mass is 10.1. The van der Waals surface area contributed by atoms with Gasteiger partial charge in [0.1, 0.15) is 12.4 Å². The second kappa shape index (κ2) is 9.48. The number of nitrogens with one attached hydrogen (secondary N) is 1. The molecule has 1 saturated heterocycles. The number of benzene rings is 2. The first-order valence-electron chi connectivity index (χ1n) is 10.3. The lowest BCUT2D eigenvalue weighted by Gasteiger charge is -2.27. The largest absolute Gasteiger partial charge is 0.350 e. The second-order valence-corrected chi connectivity index (χ2v) is 7.59. The highest BCUT2D eigenvalue weighted by atomic mass is 16.2. The number of tetrazole rings is 1. The van der Waals surface area contributed by atoms with Crippen molar-refractivity contribution in [3.8, 4) is 5.69 Å². The highest BCUT2D eigenvalue weighted by Gasteiger charge is 2.36. The maximum Gasteiger partial charge on any atom is 0.243 e. The van der Waals surface area contributed by atoms with Gasteiger partial charge >= 0.3 is 0 Å². The molecule has 2 amide bonds. The molecule has 1 aliphatic rings. The van der Waals surface area contributed by atoms with Gasteiger partial charge < -0.3 is 16.0 Å². The molecule has 0 bridgehead atoms. The topological polar surface area (TPSA) is 119 Å². The van der Waals surface area contributed by atoms with Crippen LogP contribution in [0.5, 0.6) is 0 Å². The van der Waals surface area contributed by atoms with Crippen molar-refractivity contribution in [2.45, 2.75) is 37.9 Å². The Bertz CT molecular complexity index is 1020. The summed E-state index contributed by atoms with van der Waals surface area (Å²) in [5.41, 5.74) is 8.85. The van der Waals surface area contributed by atoms with Crippen LogP contribution >= 0.6 is 0 Å². The van der Waals surface area contributed by atoms with Gasteiger partial charge in [-0.1, -0.05) is 48.5 Å². The predicted molar refractivity (Wildman–Crippen MR) is 114 cm³/mol. The van der Waals surface area contributed by atoms with E-state index in [4.69, 9.17) is 5.73 Å². The summed E-state index contributed by atoms with van der Waals surface area (Å²) in [6.45, 7) is 0.851. The van der Waals surface area contributed by atoms with Gasteiger partial charge in [0.05, 0.1) is 11.7 Å². The third-order valence-electron chi connectivity index (χ3n) is 5.49. The summed E-state index contributed by atoms with van der Waals surface area (Å²) >= 11 is 0. The van der Waals surface area contributed by atoms with E-state index >= 15 is 0 Å². The van der Waals surface area contributed by atoms with Gasteiger partial charge in [0, 0.05) is 13.1 Å². The van der Waals surface area contributed by atoms with Crippen molar-refractivity contribution in [2.24, 2.45) is 5.73 Å². The number of carbonyl (C=O) groups excluding carboxylic acids is 2. The average Bonchev–Trinajstić information content (AvgIpc) is 3.50. The van der Waals surface area contributed by atoms with Crippen molar-refractivity contribution >= 4 is 11.8 Å². The van der Waals surface area contributed by atoms with E-state index in [-0.39, 0.29) is 11.8 Å². The molecule has 0 spiro atoms. The number of amides is 2. The van der Waals surface area contributed by atoms with Crippen LogP contribution < -0.4 is 11.1 Å². The van der Waals surface area contributed by atoms with E-state index in [9.17, 15) is 9.59 Å². The lowest BCUT2D eigenvalue weighted by molar-refractivity contribution is -0.139. The van der Waals surface area contributed by atoms with E-state index in [2.05, 4.69) is 20.8 Å². The first kappa shape index (κ1) is 20.7. The summed E-state index contributed by atoms with van der Waals surface area (Å²) < 4.78 is 1.55. The van der Waals surface area contributed by atoms with Gasteiger partial charge in [0.25, 0.3) is 0 Å². The number of rotatable bonds is 7. The molecule has 4 rings (SSSR count). The summed E-state index contributed by atoms with van der Waals surface area (Å²) in [6, 6.07) is 16.1. The number of nitrogens with two attached hydrogens (primary N) is 1. The molecule has 1 fully saturated rings. The van der Waals surface area contributed by atoms with Gasteiger partial charge in [-0.05, 0) is 46.9 Å². The van der Waals surface area contributed by atoms with Gasteiger partial charge in [0.15, 0.2) is 0 Å². The maximum absolute atomic E-state index is 12.9. The number of likely N-dealkylation sites (tertiary alicyclic amines) is 1. The third-order valence-corrected chi connectivity index (χ3v) is 5.49. The van der Waals surface area contributed by atoms with Crippen LogP contribution in [0.15, 0.2) is 60.9 Å². The quantitative estimate of drug-likeness (QED) is 0.586. The minimum Gasteiger partial charge on any atom is -0.350 e. The summed E-state index contributed by atoms with van der Waals surface area (Å²) in [4.78, 5) is 27.5. The molecule has 2 heterocycles. The van der Waals surface area contributed by atoms with Gasteiger partial charge in [-0.2, -0.15) is 0 Å². The lowest BCUT2D eigenvalue weighted by Crippen LogP contribution is -2.51. The van der Waals surface area contributed by atoms with Crippen molar-refractivity contribution in [2.75, 3.05) is 6.54 Å². The number of para-hydroxylation sites is 1. The molecule has 2 aromatic carbocycles. The van der Waals surface area contributed by atoms with Gasteiger partial charge in [-0.15, -0.1) is 5.10 Å². The molecule has 1 aromatic heterocycles. The molecular weight excluding hydrogens is 394 g/mol. The number of hydrogen-bond donors (Lipinski definition) is 2. The molecular formula is C22H25N7O2. The van der Waals surface area contributed by atoms with Crippen molar-refractivity contribution in [3.05, 3.63) is 72.1 Å². The smallest absolute Gasteiger partial charge is 0.243 e. The van der Waals surface area contributed by atoms with Crippen molar-refractivity contribution < 1.29 is 9.59 Å². The fourth-order valence-electron chi connectivity index (χ4n) is 3.93. The third kappa shape index (κ3) is 4.77. The Balaban J connectivity index is 1.39. The second-order valence-electron chi connectivity index (χ2n) is 7.59. The number of aromatic nitrogens is 4. The molecule has 0 aliphatic carbocycles. The highest BCUT2D eigenvalue weighted by Crippen LogP contribution is 2.20. The minimum atomic E-state index is -0.670. The molecule has 31 heavy (non-hydrogen) atoms. The van der Waals surface area contributed by atoms with Gasteiger partial charge in [-0.25, -0.2) is 4.68 Å². The molecule has 3 aromatic rings. The monoisotopic (exact) mass is 419 g/mol. The maximum atomic E-state index is 12.9. The van der Waals surface area contributed by atoms with Gasteiger partial charge in [-0.3, -0.25) is 9.59 Å². The zero-order valence-electron chi connectivity index (χ0n) is 17.1. The minimum absolute atomic E-state index is 0.177. The molecule has 3 N–H and O–H groups in total. The average molecular weight is 419 g/mol. The van der Waals surface area contributed by atoms with Crippen LogP contribution in [0.25, 0.3) is 5.69 Å². The number of nitrogens with zero attached hydrogens (tertiary/aromatic N) is 5.